The number of H-pyrrole nitrogens is 1. The molecule has 0 unspecified atom stereocenters. The van der Waals surface area contributed by atoms with Gasteiger partial charge in [-0.15, -0.1) is 0 Å². The second kappa shape index (κ2) is 8.36. The number of hydrogen-bond acceptors (Lipinski definition) is 5. The van der Waals surface area contributed by atoms with Crippen LogP contribution in [0.4, 0.5) is 4.79 Å². The van der Waals surface area contributed by atoms with E-state index in [4.69, 9.17) is 5.73 Å². The number of nitrogens with zero attached hydrogens (tertiary/aromatic N) is 5. The Balaban J connectivity index is 1.24. The summed E-state index contributed by atoms with van der Waals surface area (Å²) in [5.74, 6) is 0.222. The van der Waals surface area contributed by atoms with Crippen LogP contribution < -0.4 is 5.73 Å². The number of carbonyl (C=O) groups is 2. The van der Waals surface area contributed by atoms with Gasteiger partial charge in [0, 0.05) is 51.7 Å². The molecule has 3 amide bonds. The zero-order chi connectivity index (χ0) is 20.4. The number of fused-ring (bicyclic) bond motifs is 1. The second-order valence-electron chi connectivity index (χ2n) is 8.08. The van der Waals surface area contributed by atoms with Gasteiger partial charge in [0.2, 0.25) is 5.91 Å². The number of aryl methyl sites for hydroxylation is 2. The molecule has 2 saturated heterocycles. The van der Waals surface area contributed by atoms with Crippen molar-refractivity contribution in [1.29, 1.82) is 0 Å². The highest BCUT2D eigenvalue weighted by Crippen LogP contribution is 2.21. The summed E-state index contributed by atoms with van der Waals surface area (Å²) >= 11 is 0. The molecular formula is C20H29N7O2. The van der Waals surface area contributed by atoms with E-state index >= 15 is 0 Å². The maximum Gasteiger partial charge on any atom is 0.314 e. The van der Waals surface area contributed by atoms with Gasteiger partial charge in [-0.05, 0) is 43.4 Å². The molecule has 0 radical (unpaired) electrons. The van der Waals surface area contributed by atoms with E-state index in [0.29, 0.717) is 25.6 Å². The molecular weight excluding hydrogens is 370 g/mol. The van der Waals surface area contributed by atoms with Crippen LogP contribution in [0.15, 0.2) is 12.1 Å². The fraction of sp³-hybridized carbons (Fsp3) is 0.600. The summed E-state index contributed by atoms with van der Waals surface area (Å²) in [7, 11) is 0. The number of aromatic amines is 1. The molecule has 4 rings (SSSR count). The number of amides is 3. The van der Waals surface area contributed by atoms with Gasteiger partial charge in [0.1, 0.15) is 11.0 Å². The van der Waals surface area contributed by atoms with E-state index in [1.54, 1.807) is 4.90 Å². The van der Waals surface area contributed by atoms with Crippen molar-refractivity contribution in [3.05, 3.63) is 23.3 Å². The highest BCUT2D eigenvalue weighted by molar-refractivity contribution is 5.79. The van der Waals surface area contributed by atoms with E-state index in [1.165, 1.54) is 0 Å². The molecule has 29 heavy (non-hydrogen) atoms. The molecule has 3 heterocycles. The van der Waals surface area contributed by atoms with Crippen LogP contribution >= 0.6 is 0 Å². The number of piperazine rings is 1. The fourth-order valence-corrected chi connectivity index (χ4v) is 4.54. The molecule has 3 N–H and O–H groups in total. The monoisotopic (exact) mass is 399 g/mol. The normalized spacial score (nSPS) is 19.1. The van der Waals surface area contributed by atoms with Gasteiger partial charge in [0.05, 0.1) is 0 Å². The minimum atomic E-state index is -0.331. The smallest absolute Gasteiger partial charge is 0.314 e. The topological polar surface area (TPSA) is 111 Å². The Morgan fingerprint density at radius 1 is 1.07 bits per heavy atom. The molecule has 2 aliphatic heterocycles. The van der Waals surface area contributed by atoms with E-state index in [-0.39, 0.29) is 11.9 Å². The average Bonchev–Trinajstić information content (AvgIpc) is 3.21. The number of carbonyl (C=O) groups excluding carboxylic acids is 2. The van der Waals surface area contributed by atoms with Crippen LogP contribution in [0.1, 0.15) is 30.4 Å². The van der Waals surface area contributed by atoms with Gasteiger partial charge < -0.3 is 15.5 Å². The van der Waals surface area contributed by atoms with Gasteiger partial charge in [-0.2, -0.15) is 15.4 Å². The van der Waals surface area contributed by atoms with Crippen molar-refractivity contribution in [2.75, 3.05) is 39.3 Å². The van der Waals surface area contributed by atoms with Crippen LogP contribution in [0.25, 0.3) is 11.0 Å². The standard InChI is InChI=1S/C20H29N7O2/c1-14-12-15(13-17-19(14)23-24-22-17)2-3-18(28)26-6-4-16(5-7-26)25-8-10-27(11-9-25)20(21)29/h12-13,16H,2-11H2,1H3,(H2,21,29)(H,22,23,24). The number of urea groups is 1. The van der Waals surface area contributed by atoms with Gasteiger partial charge in [0.25, 0.3) is 0 Å². The number of benzene rings is 1. The minimum absolute atomic E-state index is 0.222. The number of aromatic nitrogens is 3. The fourth-order valence-electron chi connectivity index (χ4n) is 4.54. The third-order valence-electron chi connectivity index (χ3n) is 6.26. The molecule has 2 aliphatic rings. The van der Waals surface area contributed by atoms with Gasteiger partial charge in [-0.1, -0.05) is 6.07 Å². The molecule has 0 aliphatic carbocycles. The van der Waals surface area contributed by atoms with E-state index in [0.717, 1.165) is 67.6 Å². The van der Waals surface area contributed by atoms with E-state index < -0.39 is 0 Å². The number of likely N-dealkylation sites (tertiary alicyclic amines) is 1. The van der Waals surface area contributed by atoms with E-state index in [2.05, 4.69) is 26.4 Å². The number of rotatable bonds is 4. The Kier molecular flexibility index (Phi) is 5.66. The van der Waals surface area contributed by atoms with Crippen LogP contribution in [0.5, 0.6) is 0 Å². The third kappa shape index (κ3) is 4.34. The number of nitrogens with two attached hydrogens (primary N) is 1. The van der Waals surface area contributed by atoms with Crippen LogP contribution in [0.2, 0.25) is 0 Å². The zero-order valence-electron chi connectivity index (χ0n) is 16.9. The van der Waals surface area contributed by atoms with E-state index in [1.807, 2.05) is 17.9 Å². The largest absolute Gasteiger partial charge is 0.351 e. The average molecular weight is 399 g/mol. The maximum absolute atomic E-state index is 12.7. The van der Waals surface area contributed by atoms with Crippen molar-refractivity contribution in [3.8, 4) is 0 Å². The quantitative estimate of drug-likeness (QED) is 0.793. The number of nitrogens with one attached hydrogen (secondary N) is 1. The lowest BCUT2D eigenvalue weighted by Gasteiger charge is -2.42. The molecule has 9 nitrogen and oxygen atoms in total. The molecule has 2 aromatic rings. The summed E-state index contributed by atoms with van der Waals surface area (Å²) in [5.41, 5.74) is 9.30. The van der Waals surface area contributed by atoms with Crippen molar-refractivity contribution in [2.45, 2.75) is 38.6 Å². The molecule has 1 aromatic carbocycles. The van der Waals surface area contributed by atoms with Crippen molar-refractivity contribution in [1.82, 2.24) is 30.1 Å². The lowest BCUT2D eigenvalue weighted by atomic mass is 10.0. The molecule has 9 heteroatoms. The third-order valence-corrected chi connectivity index (χ3v) is 6.26. The van der Waals surface area contributed by atoms with Gasteiger partial charge in [-0.3, -0.25) is 9.69 Å². The van der Waals surface area contributed by atoms with E-state index in [9.17, 15) is 9.59 Å². The van der Waals surface area contributed by atoms with Crippen molar-refractivity contribution < 1.29 is 9.59 Å². The Morgan fingerprint density at radius 3 is 2.48 bits per heavy atom. The predicted octanol–water partition coefficient (Wildman–Crippen LogP) is 0.886. The Labute approximate surface area is 170 Å². The summed E-state index contributed by atoms with van der Waals surface area (Å²) < 4.78 is 0. The zero-order valence-corrected chi connectivity index (χ0v) is 16.9. The van der Waals surface area contributed by atoms with Gasteiger partial charge in [-0.25, -0.2) is 4.79 Å². The molecule has 156 valence electrons. The molecule has 2 fully saturated rings. The number of primary amides is 1. The first-order chi connectivity index (χ1) is 14.0. The molecule has 0 spiro atoms. The lowest BCUT2D eigenvalue weighted by molar-refractivity contribution is -0.132. The van der Waals surface area contributed by atoms with Crippen LogP contribution in [0.3, 0.4) is 0 Å². The number of hydrogen-bond donors (Lipinski definition) is 2. The first-order valence-corrected chi connectivity index (χ1v) is 10.4. The first kappa shape index (κ1) is 19.6. The summed E-state index contributed by atoms with van der Waals surface area (Å²) in [6.45, 7) is 6.76. The lowest BCUT2D eigenvalue weighted by Crippen LogP contribution is -2.55. The first-order valence-electron chi connectivity index (χ1n) is 10.4. The highest BCUT2D eigenvalue weighted by Gasteiger charge is 2.29. The number of piperidine rings is 1. The van der Waals surface area contributed by atoms with Gasteiger partial charge in [0.15, 0.2) is 0 Å². The molecule has 1 aromatic heterocycles. The molecule has 0 bridgehead atoms. The molecule has 0 saturated carbocycles. The van der Waals surface area contributed by atoms with Crippen molar-refractivity contribution in [3.63, 3.8) is 0 Å². The Bertz CT molecular complexity index is 880. The minimum Gasteiger partial charge on any atom is -0.351 e. The van der Waals surface area contributed by atoms with Crippen molar-refractivity contribution >= 4 is 23.0 Å². The predicted molar refractivity (Wildman–Crippen MR) is 109 cm³/mol. The summed E-state index contributed by atoms with van der Waals surface area (Å²) in [4.78, 5) is 30.1. The SMILES string of the molecule is Cc1cc(CCC(=O)N2CCC(N3CCN(C(N)=O)CC3)CC2)cc2n[nH]nc12. The summed E-state index contributed by atoms with van der Waals surface area (Å²) in [6, 6.07) is 4.27. The van der Waals surface area contributed by atoms with Crippen LogP contribution in [-0.4, -0.2) is 87.4 Å². The van der Waals surface area contributed by atoms with Gasteiger partial charge >= 0.3 is 6.03 Å². The van der Waals surface area contributed by atoms with Crippen molar-refractivity contribution in [2.24, 2.45) is 5.73 Å². The molecule has 0 atom stereocenters. The highest BCUT2D eigenvalue weighted by atomic mass is 16.2. The summed E-state index contributed by atoms with van der Waals surface area (Å²) in [6.07, 6.45) is 3.22. The maximum atomic E-state index is 12.7. The second-order valence-corrected chi connectivity index (χ2v) is 8.08. The van der Waals surface area contributed by atoms with Crippen LogP contribution in [0, 0.1) is 6.92 Å². The Morgan fingerprint density at radius 2 is 1.79 bits per heavy atom. The van der Waals surface area contributed by atoms with Crippen LogP contribution in [-0.2, 0) is 11.2 Å². The summed E-state index contributed by atoms with van der Waals surface area (Å²) in [5, 5.41) is 11.0. The Hall–Kier alpha value is -2.68.